The van der Waals surface area contributed by atoms with E-state index in [-0.39, 0.29) is 25.7 Å². The minimum atomic E-state index is -4.96. The Morgan fingerprint density at radius 3 is 0.696 bits per heavy atom. The molecule has 0 aromatic rings. The lowest BCUT2D eigenvalue weighted by Crippen LogP contribution is -2.30. The van der Waals surface area contributed by atoms with Crippen molar-refractivity contribution in [1.82, 2.24) is 0 Å². The van der Waals surface area contributed by atoms with Gasteiger partial charge in [-0.2, -0.15) is 0 Å². The van der Waals surface area contributed by atoms with Crippen molar-refractivity contribution in [3.63, 3.8) is 0 Å². The van der Waals surface area contributed by atoms with Crippen LogP contribution in [0.15, 0.2) is 0 Å². The SMILES string of the molecule is CCC(C)CCCCCCCCCCCCCCCCCCCCC(=O)O[C@H](COC(=O)CCCCCCCCCCCCCC(C)C)COP(=O)(O)OC[C@@H](O)COP(=O)(O)OC[C@@H](COC(=O)CCCCCCCCC(C)CC)OC(=O)CCCCCCCCCCCCCCCC(C)C. The molecule has 0 amide bonds. The normalized spacial score (nSPS) is 14.5. The molecule has 102 heavy (non-hydrogen) atoms. The number of aliphatic hydroxyl groups excluding tert-OH is 1. The molecular weight excluding hydrogens is 1330 g/mol. The summed E-state index contributed by atoms with van der Waals surface area (Å²) in [5.41, 5.74) is 0. The zero-order chi connectivity index (χ0) is 75.3. The predicted molar refractivity (Wildman–Crippen MR) is 418 cm³/mol. The van der Waals surface area contributed by atoms with Crippen LogP contribution in [0.5, 0.6) is 0 Å². The number of unbranched alkanes of at least 4 members (excludes halogenated alkanes) is 44. The molecule has 0 heterocycles. The Morgan fingerprint density at radius 2 is 0.471 bits per heavy atom. The summed E-state index contributed by atoms with van der Waals surface area (Å²) >= 11 is 0. The molecule has 0 aliphatic carbocycles. The summed E-state index contributed by atoms with van der Waals surface area (Å²) in [7, 11) is -9.92. The molecule has 19 heteroatoms. The van der Waals surface area contributed by atoms with Crippen molar-refractivity contribution < 1.29 is 80.2 Å². The minimum absolute atomic E-state index is 0.106. The van der Waals surface area contributed by atoms with Gasteiger partial charge in [0.05, 0.1) is 26.4 Å². The molecule has 0 fully saturated rings. The van der Waals surface area contributed by atoms with E-state index in [1.807, 2.05) is 0 Å². The zero-order valence-electron chi connectivity index (χ0n) is 67.2. The van der Waals surface area contributed by atoms with Gasteiger partial charge < -0.3 is 33.8 Å². The predicted octanol–water partition coefficient (Wildman–Crippen LogP) is 24.8. The molecular formula is C83H162O17P2. The molecule has 0 saturated carbocycles. The first-order valence-corrected chi connectivity index (χ1v) is 45.8. The Bertz CT molecular complexity index is 1990. The quantitative estimate of drug-likeness (QED) is 0.0222. The van der Waals surface area contributed by atoms with Gasteiger partial charge in [-0.1, -0.05) is 376 Å². The van der Waals surface area contributed by atoms with Gasteiger partial charge in [-0.05, 0) is 49.4 Å². The van der Waals surface area contributed by atoms with E-state index < -0.39 is 97.5 Å². The topological polar surface area (TPSA) is 237 Å². The van der Waals surface area contributed by atoms with E-state index in [4.69, 9.17) is 37.0 Å². The van der Waals surface area contributed by atoms with Crippen LogP contribution in [0, 0.1) is 23.7 Å². The lowest BCUT2D eigenvalue weighted by atomic mass is 9.99. The van der Waals surface area contributed by atoms with E-state index in [1.165, 1.54) is 225 Å². The summed E-state index contributed by atoms with van der Waals surface area (Å²) < 4.78 is 68.8. The summed E-state index contributed by atoms with van der Waals surface area (Å²) in [5.74, 6) is 1.05. The third-order valence-corrected chi connectivity index (χ3v) is 21.9. The Labute approximate surface area is 626 Å². The first kappa shape index (κ1) is 100. The highest BCUT2D eigenvalue weighted by molar-refractivity contribution is 7.47. The van der Waals surface area contributed by atoms with Crippen LogP contribution in [0.25, 0.3) is 0 Å². The fourth-order valence-electron chi connectivity index (χ4n) is 12.7. The maximum atomic E-state index is 13.1. The number of hydrogen-bond acceptors (Lipinski definition) is 15. The molecule has 3 N–H and O–H groups in total. The minimum Gasteiger partial charge on any atom is -0.462 e. The first-order valence-electron chi connectivity index (χ1n) is 42.8. The van der Waals surface area contributed by atoms with E-state index in [9.17, 15) is 43.2 Å². The number of aliphatic hydroxyl groups is 1. The molecule has 0 bridgehead atoms. The number of hydrogen-bond donors (Lipinski definition) is 3. The van der Waals surface area contributed by atoms with Crippen molar-refractivity contribution in [3.05, 3.63) is 0 Å². The molecule has 0 aromatic heterocycles. The highest BCUT2D eigenvalue weighted by Crippen LogP contribution is 2.45. The average Bonchev–Trinajstić information content (AvgIpc) is 0.932. The van der Waals surface area contributed by atoms with Gasteiger partial charge in [-0.15, -0.1) is 0 Å². The number of ether oxygens (including phenoxy) is 4. The smallest absolute Gasteiger partial charge is 0.462 e. The van der Waals surface area contributed by atoms with Crippen molar-refractivity contribution in [2.24, 2.45) is 23.7 Å². The number of phosphoric ester groups is 2. The van der Waals surface area contributed by atoms with Crippen LogP contribution in [-0.2, 0) is 65.4 Å². The van der Waals surface area contributed by atoms with Crippen molar-refractivity contribution in [1.29, 1.82) is 0 Å². The highest BCUT2D eigenvalue weighted by Gasteiger charge is 2.30. The maximum absolute atomic E-state index is 13.1. The van der Waals surface area contributed by atoms with Crippen LogP contribution in [0.3, 0.4) is 0 Å². The fraction of sp³-hybridized carbons (Fsp3) is 0.952. The second-order valence-electron chi connectivity index (χ2n) is 31.3. The van der Waals surface area contributed by atoms with Crippen LogP contribution in [0.2, 0.25) is 0 Å². The standard InChI is InChI=1S/C83H162O17P2/c1-9-75(7)61-53-45-37-31-25-19-15-13-11-12-14-16-20-26-33-39-49-57-65-82(87)99-78(69-93-80(85)63-55-47-38-32-28-22-24-30-36-44-52-60-74(5)6)71-97-101(89,90)95-67-77(84)68-96-102(91,92)98-72-79(70-94-81(86)64-56-48-42-41-46-54-62-76(8)10-2)100-83(88)66-58-50-40-34-27-21-17-18-23-29-35-43-51-59-73(3)4/h73-79,84H,9-72H2,1-8H3,(H,89,90)(H,91,92)/t75?,76?,77-,78-,79-/m1/s1. The van der Waals surface area contributed by atoms with Crippen molar-refractivity contribution in [2.75, 3.05) is 39.6 Å². The molecule has 17 nitrogen and oxygen atoms in total. The fourth-order valence-corrected chi connectivity index (χ4v) is 14.3. The molecule has 0 spiro atoms. The first-order chi connectivity index (χ1) is 49.2. The van der Waals surface area contributed by atoms with Gasteiger partial charge in [0.2, 0.25) is 0 Å². The summed E-state index contributed by atoms with van der Waals surface area (Å²) in [6, 6.07) is 0. The largest absolute Gasteiger partial charge is 0.472 e. The lowest BCUT2D eigenvalue weighted by molar-refractivity contribution is -0.161. The van der Waals surface area contributed by atoms with Crippen molar-refractivity contribution in [3.8, 4) is 0 Å². The zero-order valence-corrected chi connectivity index (χ0v) is 69.0. The number of carbonyl (C=O) groups is 4. The van der Waals surface area contributed by atoms with Crippen LogP contribution >= 0.6 is 15.6 Å². The van der Waals surface area contributed by atoms with Crippen LogP contribution in [-0.4, -0.2) is 96.7 Å². The lowest BCUT2D eigenvalue weighted by Gasteiger charge is -2.21. The van der Waals surface area contributed by atoms with Crippen molar-refractivity contribution in [2.45, 2.75) is 446 Å². The maximum Gasteiger partial charge on any atom is 0.472 e. The van der Waals surface area contributed by atoms with Gasteiger partial charge in [-0.3, -0.25) is 37.3 Å². The Hall–Kier alpha value is -1.94. The number of rotatable bonds is 80. The van der Waals surface area contributed by atoms with E-state index in [0.29, 0.717) is 25.7 Å². The summed E-state index contributed by atoms with van der Waals surface area (Å²) in [6.07, 6.45) is 59.7. The summed E-state index contributed by atoms with van der Waals surface area (Å²) in [5, 5.41) is 10.7. The monoisotopic (exact) mass is 1490 g/mol. The Morgan fingerprint density at radius 1 is 0.275 bits per heavy atom. The number of phosphoric acid groups is 2. The van der Waals surface area contributed by atoms with E-state index in [2.05, 4.69) is 55.4 Å². The Balaban J connectivity index is 5.22. The molecule has 0 aliphatic rings. The number of carbonyl (C=O) groups excluding carboxylic acids is 4. The average molecular weight is 1490 g/mol. The van der Waals surface area contributed by atoms with Gasteiger partial charge in [0.1, 0.15) is 19.3 Å². The van der Waals surface area contributed by atoms with Gasteiger partial charge >= 0.3 is 39.5 Å². The Kier molecular flexibility index (Phi) is 70.6. The third kappa shape index (κ3) is 73.6. The second kappa shape index (κ2) is 72.0. The van der Waals surface area contributed by atoms with Gasteiger partial charge in [0, 0.05) is 25.7 Å². The van der Waals surface area contributed by atoms with Crippen LogP contribution in [0.4, 0.5) is 0 Å². The molecule has 0 aliphatic heterocycles. The van der Waals surface area contributed by atoms with E-state index in [1.54, 1.807) is 0 Å². The molecule has 0 saturated heterocycles. The highest BCUT2D eigenvalue weighted by atomic mass is 31.2. The van der Waals surface area contributed by atoms with E-state index >= 15 is 0 Å². The van der Waals surface area contributed by atoms with Gasteiger partial charge in [0.15, 0.2) is 12.2 Å². The van der Waals surface area contributed by atoms with Crippen LogP contribution in [0.1, 0.15) is 428 Å². The third-order valence-electron chi connectivity index (χ3n) is 20.0. The number of esters is 4. The second-order valence-corrected chi connectivity index (χ2v) is 34.2. The molecule has 4 unspecified atom stereocenters. The molecule has 0 aromatic carbocycles. The van der Waals surface area contributed by atoms with Crippen molar-refractivity contribution >= 4 is 39.5 Å². The van der Waals surface area contributed by atoms with Gasteiger partial charge in [0.25, 0.3) is 0 Å². The molecule has 0 rings (SSSR count). The summed E-state index contributed by atoms with van der Waals surface area (Å²) in [4.78, 5) is 73.1. The molecule has 7 atom stereocenters. The van der Waals surface area contributed by atoms with E-state index in [0.717, 1.165) is 120 Å². The molecule has 606 valence electrons. The summed E-state index contributed by atoms with van der Waals surface area (Å²) in [6.45, 7) is 14.3. The van der Waals surface area contributed by atoms with Gasteiger partial charge in [-0.25, -0.2) is 9.13 Å². The molecule has 0 radical (unpaired) electrons. The van der Waals surface area contributed by atoms with Crippen LogP contribution < -0.4 is 0 Å².